The summed E-state index contributed by atoms with van der Waals surface area (Å²) in [6.07, 6.45) is 1.83. The van der Waals surface area contributed by atoms with Gasteiger partial charge in [0.05, 0.1) is 5.39 Å². The topological polar surface area (TPSA) is 76.9 Å². The Balaban J connectivity index is 1.44. The Bertz CT molecular complexity index is 1010. The summed E-state index contributed by atoms with van der Waals surface area (Å²) in [7, 11) is 1.60. The molecule has 2 fully saturated rings. The predicted molar refractivity (Wildman–Crippen MR) is 103 cm³/mol. The minimum atomic E-state index is -0.698. The van der Waals surface area contributed by atoms with Crippen molar-refractivity contribution < 1.29 is 23.7 Å². The van der Waals surface area contributed by atoms with Gasteiger partial charge >= 0.3 is 0 Å². The summed E-state index contributed by atoms with van der Waals surface area (Å²) < 4.78 is 31.5. The lowest BCUT2D eigenvalue weighted by atomic mass is 10.2. The first kappa shape index (κ1) is 18.5. The van der Waals surface area contributed by atoms with E-state index in [0.29, 0.717) is 18.1 Å². The maximum Gasteiger partial charge on any atom is 0.226 e. The summed E-state index contributed by atoms with van der Waals surface area (Å²) in [6, 6.07) is 11.9. The minimum Gasteiger partial charge on any atom is -0.472 e. The van der Waals surface area contributed by atoms with Crippen LogP contribution in [0.5, 0.6) is 5.88 Å². The minimum absolute atomic E-state index is 0.311. The molecule has 0 spiro atoms. The van der Waals surface area contributed by atoms with Crippen molar-refractivity contribution in [2.24, 2.45) is 0 Å². The molecule has 152 valence electrons. The van der Waals surface area contributed by atoms with Gasteiger partial charge in [-0.1, -0.05) is 30.3 Å². The summed E-state index contributed by atoms with van der Waals surface area (Å²) in [6.45, 7) is 4.21. The van der Waals surface area contributed by atoms with Gasteiger partial charge in [-0.3, -0.25) is 0 Å². The van der Waals surface area contributed by atoms with Crippen LogP contribution in [0.15, 0.2) is 48.9 Å². The monoisotopic (exact) mass is 397 g/mol. The van der Waals surface area contributed by atoms with Gasteiger partial charge in [0.1, 0.15) is 30.8 Å². The van der Waals surface area contributed by atoms with Crippen molar-refractivity contribution in [3.8, 4) is 5.88 Å². The standard InChI is InChI=1S/C21H23N3O5/c1-21(2)28-15-16(29-21)20(25-3)27-19(15)24-10-9-14-17(24)22-12-23-18(14)26-11-13-7-5-4-6-8-13/h4-10,12,15-16,19-20H,11H2,1-3H3/t15-,16+,19-,20+/m1/s1. The van der Waals surface area contributed by atoms with Crippen molar-refractivity contribution in [2.45, 2.75) is 51.0 Å². The Morgan fingerprint density at radius 1 is 1.07 bits per heavy atom. The van der Waals surface area contributed by atoms with Crippen LogP contribution in [0.3, 0.4) is 0 Å². The van der Waals surface area contributed by atoms with E-state index < -0.39 is 18.3 Å². The number of hydrogen-bond acceptors (Lipinski definition) is 7. The third-order valence-electron chi connectivity index (χ3n) is 5.18. The van der Waals surface area contributed by atoms with E-state index >= 15 is 0 Å². The first-order chi connectivity index (χ1) is 14.1. The fraction of sp³-hybridized carbons (Fsp3) is 0.429. The van der Waals surface area contributed by atoms with Gasteiger partial charge in [0.25, 0.3) is 0 Å². The van der Waals surface area contributed by atoms with Gasteiger partial charge in [-0.2, -0.15) is 0 Å². The van der Waals surface area contributed by atoms with Crippen molar-refractivity contribution in [3.63, 3.8) is 0 Å². The van der Waals surface area contributed by atoms with E-state index in [0.717, 1.165) is 10.9 Å². The molecule has 8 heteroatoms. The molecule has 2 aliphatic heterocycles. The Morgan fingerprint density at radius 3 is 2.66 bits per heavy atom. The lowest BCUT2D eigenvalue weighted by Gasteiger charge is -2.24. The molecule has 1 aromatic carbocycles. The smallest absolute Gasteiger partial charge is 0.226 e. The Hall–Kier alpha value is -2.52. The van der Waals surface area contributed by atoms with Crippen molar-refractivity contribution in [1.82, 2.24) is 14.5 Å². The molecule has 0 amide bonds. The third kappa shape index (κ3) is 3.28. The second-order valence-electron chi connectivity index (χ2n) is 7.61. The highest BCUT2D eigenvalue weighted by molar-refractivity contribution is 5.81. The molecule has 0 N–H and O–H groups in total. The molecule has 2 aliphatic rings. The van der Waals surface area contributed by atoms with E-state index in [1.807, 2.05) is 61.0 Å². The van der Waals surface area contributed by atoms with E-state index in [1.54, 1.807) is 7.11 Å². The fourth-order valence-corrected chi connectivity index (χ4v) is 3.95. The van der Waals surface area contributed by atoms with Crippen molar-refractivity contribution >= 4 is 11.0 Å². The lowest BCUT2D eigenvalue weighted by Crippen LogP contribution is -2.30. The van der Waals surface area contributed by atoms with Crippen molar-refractivity contribution in [1.29, 1.82) is 0 Å². The SMILES string of the molecule is CO[C@H]1O[C@@H](n2ccc3c(OCc4ccccc4)ncnc32)[C@@H]2OC(C)(C)O[C@H]12. The maximum atomic E-state index is 6.10. The zero-order chi connectivity index (χ0) is 20.0. The molecular formula is C21H23N3O5. The molecule has 2 aromatic heterocycles. The molecule has 5 rings (SSSR count). The Labute approximate surface area is 168 Å². The quantitative estimate of drug-likeness (QED) is 0.655. The zero-order valence-corrected chi connectivity index (χ0v) is 16.5. The van der Waals surface area contributed by atoms with Gasteiger partial charge < -0.3 is 28.3 Å². The van der Waals surface area contributed by atoms with Crippen LogP contribution in [0, 0.1) is 0 Å². The molecule has 8 nitrogen and oxygen atoms in total. The fourth-order valence-electron chi connectivity index (χ4n) is 3.95. The molecule has 3 aromatic rings. The van der Waals surface area contributed by atoms with E-state index in [2.05, 4.69) is 9.97 Å². The van der Waals surface area contributed by atoms with Crippen LogP contribution < -0.4 is 4.74 Å². The van der Waals surface area contributed by atoms with E-state index in [-0.39, 0.29) is 12.2 Å². The maximum absolute atomic E-state index is 6.10. The number of nitrogens with zero attached hydrogens (tertiary/aromatic N) is 3. The molecule has 0 radical (unpaired) electrons. The summed E-state index contributed by atoms with van der Waals surface area (Å²) in [5, 5.41) is 0.808. The molecule has 4 atom stereocenters. The van der Waals surface area contributed by atoms with E-state index in [4.69, 9.17) is 23.7 Å². The zero-order valence-electron chi connectivity index (χ0n) is 16.5. The molecule has 0 bridgehead atoms. The van der Waals surface area contributed by atoms with E-state index in [1.165, 1.54) is 6.33 Å². The average molecular weight is 397 g/mol. The molecule has 2 saturated heterocycles. The van der Waals surface area contributed by atoms with Gasteiger partial charge in [0.15, 0.2) is 18.3 Å². The lowest BCUT2D eigenvalue weighted by molar-refractivity contribution is -0.237. The summed E-state index contributed by atoms with van der Waals surface area (Å²) in [4.78, 5) is 8.77. The largest absolute Gasteiger partial charge is 0.472 e. The first-order valence-corrected chi connectivity index (χ1v) is 9.58. The van der Waals surface area contributed by atoms with Crippen LogP contribution in [0.1, 0.15) is 25.6 Å². The van der Waals surface area contributed by atoms with Crippen molar-refractivity contribution in [2.75, 3.05) is 7.11 Å². The summed E-state index contributed by atoms with van der Waals surface area (Å²) >= 11 is 0. The highest BCUT2D eigenvalue weighted by Gasteiger charge is 2.56. The van der Waals surface area contributed by atoms with Gasteiger partial charge in [0, 0.05) is 13.3 Å². The van der Waals surface area contributed by atoms with Crippen molar-refractivity contribution in [3.05, 3.63) is 54.5 Å². The summed E-state index contributed by atoms with van der Waals surface area (Å²) in [5.41, 5.74) is 1.78. The highest BCUT2D eigenvalue weighted by Crippen LogP contribution is 2.44. The van der Waals surface area contributed by atoms with Crippen LogP contribution in [0.4, 0.5) is 0 Å². The molecule has 29 heavy (non-hydrogen) atoms. The molecule has 4 heterocycles. The molecule has 0 aliphatic carbocycles. The number of hydrogen-bond donors (Lipinski definition) is 0. The molecule has 0 saturated carbocycles. The van der Waals surface area contributed by atoms with Crippen LogP contribution >= 0.6 is 0 Å². The Kier molecular flexibility index (Phi) is 4.51. The average Bonchev–Trinajstić information content (AvgIpc) is 3.37. The van der Waals surface area contributed by atoms with E-state index in [9.17, 15) is 0 Å². The second kappa shape index (κ2) is 7.07. The van der Waals surface area contributed by atoms with Gasteiger partial charge in [-0.25, -0.2) is 9.97 Å². The number of methoxy groups -OCH3 is 1. The number of rotatable bonds is 5. The van der Waals surface area contributed by atoms with Gasteiger partial charge in [-0.05, 0) is 25.5 Å². The first-order valence-electron chi connectivity index (χ1n) is 9.58. The van der Waals surface area contributed by atoms with Crippen LogP contribution in [0.2, 0.25) is 0 Å². The Morgan fingerprint density at radius 2 is 1.86 bits per heavy atom. The molecule has 0 unspecified atom stereocenters. The number of aromatic nitrogens is 3. The normalized spacial score (nSPS) is 28.0. The third-order valence-corrected chi connectivity index (χ3v) is 5.18. The van der Waals surface area contributed by atoms with Crippen LogP contribution in [-0.4, -0.2) is 45.9 Å². The highest BCUT2D eigenvalue weighted by atomic mass is 16.8. The van der Waals surface area contributed by atoms with Gasteiger partial charge in [0.2, 0.25) is 5.88 Å². The predicted octanol–water partition coefficient (Wildman–Crippen LogP) is 3.03. The second-order valence-corrected chi connectivity index (χ2v) is 7.61. The van der Waals surface area contributed by atoms with Crippen LogP contribution in [0.25, 0.3) is 11.0 Å². The molecular weight excluding hydrogens is 374 g/mol. The number of benzene rings is 1. The van der Waals surface area contributed by atoms with Gasteiger partial charge in [-0.15, -0.1) is 0 Å². The number of ether oxygens (including phenoxy) is 5. The summed E-state index contributed by atoms with van der Waals surface area (Å²) in [5.74, 6) is -0.171. The van der Waals surface area contributed by atoms with Crippen LogP contribution in [-0.2, 0) is 25.6 Å². The number of fused-ring (bicyclic) bond motifs is 2.